The lowest BCUT2D eigenvalue weighted by molar-refractivity contribution is 0.0301. The number of benzene rings is 1. The van der Waals surface area contributed by atoms with Crippen LogP contribution in [0.1, 0.15) is 49.8 Å². The van der Waals surface area contributed by atoms with Crippen molar-refractivity contribution in [1.82, 2.24) is 5.32 Å². The fourth-order valence-corrected chi connectivity index (χ4v) is 3.32. The van der Waals surface area contributed by atoms with Gasteiger partial charge in [0.25, 0.3) is 0 Å². The average Bonchev–Trinajstić information content (AvgIpc) is 2.92. The van der Waals surface area contributed by atoms with Gasteiger partial charge in [0, 0.05) is 12.6 Å². The van der Waals surface area contributed by atoms with Gasteiger partial charge in [-0.1, -0.05) is 31.5 Å². The molecule has 1 aliphatic carbocycles. The van der Waals surface area contributed by atoms with Crippen LogP contribution >= 0.6 is 0 Å². The van der Waals surface area contributed by atoms with Gasteiger partial charge in [-0.2, -0.15) is 0 Å². The molecule has 2 atom stereocenters. The third kappa shape index (κ3) is 3.83. The predicted molar refractivity (Wildman–Crippen MR) is 85.3 cm³/mol. The molecule has 0 heterocycles. The Morgan fingerprint density at radius 2 is 2.00 bits per heavy atom. The molecule has 0 aromatic heterocycles. The molecule has 0 radical (unpaired) electrons. The maximum Gasteiger partial charge on any atom is 0.0730 e. The molecular weight excluding hydrogens is 246 g/mol. The normalized spacial score (nSPS) is 16.9. The molecular formula is C18H29NO. The standard InChI is InChI=1S/C18H29NO/c1-4-7-18(20-5-2)17(19-3)13-14-10-11-15-8-6-9-16(15)12-14/h10-12,17-19H,4-9,13H2,1-3H3. The number of hydrogen-bond acceptors (Lipinski definition) is 2. The van der Waals surface area contributed by atoms with Crippen LogP contribution < -0.4 is 5.32 Å². The number of ether oxygens (including phenoxy) is 1. The van der Waals surface area contributed by atoms with Gasteiger partial charge in [-0.3, -0.25) is 0 Å². The van der Waals surface area contributed by atoms with Crippen molar-refractivity contribution in [2.45, 2.75) is 64.5 Å². The Hall–Kier alpha value is -0.860. The van der Waals surface area contributed by atoms with Crippen molar-refractivity contribution in [3.8, 4) is 0 Å². The van der Waals surface area contributed by atoms with Crippen molar-refractivity contribution >= 4 is 0 Å². The lowest BCUT2D eigenvalue weighted by atomic mass is 9.96. The number of nitrogens with one attached hydrogen (secondary N) is 1. The van der Waals surface area contributed by atoms with E-state index < -0.39 is 0 Å². The first-order valence-corrected chi connectivity index (χ1v) is 8.18. The second kappa shape index (κ2) is 7.80. The molecule has 0 fully saturated rings. The molecule has 2 heteroatoms. The Morgan fingerprint density at radius 1 is 1.20 bits per heavy atom. The molecule has 2 rings (SSSR count). The number of likely N-dealkylation sites (N-methyl/N-ethyl adjacent to an activating group) is 1. The van der Waals surface area contributed by atoms with Crippen LogP contribution in [-0.4, -0.2) is 25.8 Å². The highest BCUT2D eigenvalue weighted by atomic mass is 16.5. The van der Waals surface area contributed by atoms with Crippen molar-refractivity contribution < 1.29 is 4.74 Å². The van der Waals surface area contributed by atoms with Crippen molar-refractivity contribution in [3.05, 3.63) is 34.9 Å². The lowest BCUT2D eigenvalue weighted by Gasteiger charge is -2.27. The second-order valence-corrected chi connectivity index (χ2v) is 5.84. The average molecular weight is 275 g/mol. The smallest absolute Gasteiger partial charge is 0.0730 e. The summed E-state index contributed by atoms with van der Waals surface area (Å²) in [5.74, 6) is 0. The topological polar surface area (TPSA) is 21.3 Å². The number of aryl methyl sites for hydroxylation is 2. The van der Waals surface area contributed by atoms with Crippen LogP contribution in [0.25, 0.3) is 0 Å². The minimum absolute atomic E-state index is 0.322. The van der Waals surface area contributed by atoms with E-state index in [0.717, 1.165) is 19.4 Å². The molecule has 0 saturated carbocycles. The number of hydrogen-bond donors (Lipinski definition) is 1. The Morgan fingerprint density at radius 3 is 2.70 bits per heavy atom. The Labute approximate surface area is 123 Å². The van der Waals surface area contributed by atoms with Gasteiger partial charge >= 0.3 is 0 Å². The molecule has 112 valence electrons. The van der Waals surface area contributed by atoms with Crippen LogP contribution in [0.4, 0.5) is 0 Å². The van der Waals surface area contributed by atoms with Gasteiger partial charge in [0.1, 0.15) is 0 Å². The van der Waals surface area contributed by atoms with E-state index in [1.807, 2.05) is 0 Å². The molecule has 1 aromatic rings. The Balaban J connectivity index is 2.04. The fraction of sp³-hybridized carbons (Fsp3) is 0.667. The summed E-state index contributed by atoms with van der Waals surface area (Å²) in [6.45, 7) is 5.12. The van der Waals surface area contributed by atoms with Gasteiger partial charge in [-0.25, -0.2) is 0 Å². The van der Waals surface area contributed by atoms with Crippen LogP contribution in [0.15, 0.2) is 18.2 Å². The number of rotatable bonds is 8. The van der Waals surface area contributed by atoms with Gasteiger partial charge in [0.2, 0.25) is 0 Å². The summed E-state index contributed by atoms with van der Waals surface area (Å²) in [6.07, 6.45) is 7.54. The molecule has 20 heavy (non-hydrogen) atoms. The molecule has 1 aliphatic rings. The van der Waals surface area contributed by atoms with Crippen molar-refractivity contribution in [1.29, 1.82) is 0 Å². The molecule has 1 N–H and O–H groups in total. The molecule has 0 saturated heterocycles. The zero-order valence-electron chi connectivity index (χ0n) is 13.2. The summed E-state index contributed by atoms with van der Waals surface area (Å²) in [6, 6.07) is 7.47. The van der Waals surface area contributed by atoms with Crippen molar-refractivity contribution in [3.63, 3.8) is 0 Å². The zero-order chi connectivity index (χ0) is 14.4. The van der Waals surface area contributed by atoms with Crippen LogP contribution in [0.2, 0.25) is 0 Å². The Bertz CT molecular complexity index is 410. The van der Waals surface area contributed by atoms with Gasteiger partial charge in [-0.05, 0) is 62.8 Å². The maximum atomic E-state index is 5.94. The first-order valence-electron chi connectivity index (χ1n) is 8.18. The SMILES string of the molecule is CCCC(OCC)C(Cc1ccc2c(c1)CCC2)NC. The molecule has 2 unspecified atom stereocenters. The second-order valence-electron chi connectivity index (χ2n) is 5.84. The Kier molecular flexibility index (Phi) is 6.06. The summed E-state index contributed by atoms with van der Waals surface area (Å²) in [5.41, 5.74) is 4.58. The number of fused-ring (bicyclic) bond motifs is 1. The largest absolute Gasteiger partial charge is 0.377 e. The van der Waals surface area contributed by atoms with E-state index in [2.05, 4.69) is 44.4 Å². The fourth-order valence-electron chi connectivity index (χ4n) is 3.32. The summed E-state index contributed by atoms with van der Waals surface area (Å²) in [5, 5.41) is 3.46. The van der Waals surface area contributed by atoms with E-state index in [9.17, 15) is 0 Å². The van der Waals surface area contributed by atoms with E-state index in [-0.39, 0.29) is 0 Å². The quantitative estimate of drug-likeness (QED) is 0.784. The van der Waals surface area contributed by atoms with E-state index in [4.69, 9.17) is 4.74 Å². The predicted octanol–water partition coefficient (Wildman–Crippen LogP) is 3.51. The van der Waals surface area contributed by atoms with Crippen molar-refractivity contribution in [2.24, 2.45) is 0 Å². The maximum absolute atomic E-state index is 5.94. The van der Waals surface area contributed by atoms with Gasteiger partial charge < -0.3 is 10.1 Å². The summed E-state index contributed by atoms with van der Waals surface area (Å²) in [4.78, 5) is 0. The van der Waals surface area contributed by atoms with Crippen LogP contribution in [-0.2, 0) is 24.0 Å². The summed E-state index contributed by atoms with van der Waals surface area (Å²) >= 11 is 0. The van der Waals surface area contributed by atoms with Crippen LogP contribution in [0.5, 0.6) is 0 Å². The van der Waals surface area contributed by atoms with E-state index in [0.29, 0.717) is 12.1 Å². The molecule has 0 spiro atoms. The molecule has 0 bridgehead atoms. The zero-order valence-corrected chi connectivity index (χ0v) is 13.2. The summed E-state index contributed by atoms with van der Waals surface area (Å²) < 4.78 is 5.94. The first-order chi connectivity index (χ1) is 9.78. The van der Waals surface area contributed by atoms with E-state index in [1.165, 1.54) is 31.2 Å². The van der Waals surface area contributed by atoms with E-state index in [1.54, 1.807) is 11.1 Å². The highest BCUT2D eigenvalue weighted by molar-refractivity contribution is 5.35. The van der Waals surface area contributed by atoms with Crippen LogP contribution in [0.3, 0.4) is 0 Å². The minimum Gasteiger partial charge on any atom is -0.377 e. The minimum atomic E-state index is 0.322. The molecule has 2 nitrogen and oxygen atoms in total. The first kappa shape index (κ1) is 15.5. The van der Waals surface area contributed by atoms with Gasteiger partial charge in [0.05, 0.1) is 6.10 Å². The lowest BCUT2D eigenvalue weighted by Crippen LogP contribution is -2.41. The highest BCUT2D eigenvalue weighted by Crippen LogP contribution is 2.24. The molecule has 0 amide bonds. The third-order valence-electron chi connectivity index (χ3n) is 4.39. The van der Waals surface area contributed by atoms with Crippen LogP contribution in [0, 0.1) is 0 Å². The molecule has 1 aromatic carbocycles. The van der Waals surface area contributed by atoms with Crippen molar-refractivity contribution in [2.75, 3.05) is 13.7 Å². The monoisotopic (exact) mass is 275 g/mol. The van der Waals surface area contributed by atoms with Gasteiger partial charge in [-0.15, -0.1) is 0 Å². The third-order valence-corrected chi connectivity index (χ3v) is 4.39. The van der Waals surface area contributed by atoms with E-state index >= 15 is 0 Å². The molecule has 0 aliphatic heterocycles. The highest BCUT2D eigenvalue weighted by Gasteiger charge is 2.20. The summed E-state index contributed by atoms with van der Waals surface area (Å²) in [7, 11) is 2.06. The van der Waals surface area contributed by atoms with Gasteiger partial charge in [0.15, 0.2) is 0 Å².